The molecular formula is C15H12N2O3S2. The molecule has 1 aromatic heterocycles. The molecule has 2 saturated heterocycles. The molecule has 5 nitrogen and oxygen atoms in total. The molecule has 0 saturated carbocycles. The summed E-state index contributed by atoms with van der Waals surface area (Å²) in [6.07, 6.45) is 0. The Hall–Kier alpha value is -1.86. The number of amides is 3. The zero-order chi connectivity index (χ0) is 15.3. The number of hydrogen-bond donors (Lipinski definition) is 0. The molecule has 112 valence electrons. The maximum atomic E-state index is 12.5. The summed E-state index contributed by atoms with van der Waals surface area (Å²) >= 11 is 2.51. The van der Waals surface area contributed by atoms with E-state index in [4.69, 9.17) is 0 Å². The minimum atomic E-state index is -0.191. The first-order valence-corrected chi connectivity index (χ1v) is 8.70. The molecule has 0 spiro atoms. The third-order valence-corrected chi connectivity index (χ3v) is 5.87. The SMILES string of the molecule is O=C(c1cc2ccccc2s1)N1CC(N2C(=O)CSC2=O)C1. The quantitative estimate of drug-likeness (QED) is 0.847. The van der Waals surface area contributed by atoms with Gasteiger partial charge in [-0.1, -0.05) is 30.0 Å². The number of thiophene rings is 1. The van der Waals surface area contributed by atoms with Crippen molar-refractivity contribution in [1.82, 2.24) is 9.80 Å². The molecule has 0 radical (unpaired) electrons. The van der Waals surface area contributed by atoms with Gasteiger partial charge in [-0.2, -0.15) is 0 Å². The molecule has 2 aromatic rings. The smallest absolute Gasteiger partial charge is 0.289 e. The van der Waals surface area contributed by atoms with Crippen LogP contribution in [0.1, 0.15) is 9.67 Å². The normalized spacial score (nSPS) is 19.1. The molecule has 0 atom stereocenters. The van der Waals surface area contributed by atoms with Crippen LogP contribution in [0.2, 0.25) is 0 Å². The number of carbonyl (C=O) groups is 3. The Kier molecular flexibility index (Phi) is 3.19. The van der Waals surface area contributed by atoms with Crippen LogP contribution in [0.5, 0.6) is 0 Å². The summed E-state index contributed by atoms with van der Waals surface area (Å²) in [5, 5.41) is 0.873. The monoisotopic (exact) mass is 332 g/mol. The summed E-state index contributed by atoms with van der Waals surface area (Å²) in [7, 11) is 0. The van der Waals surface area contributed by atoms with Crippen molar-refractivity contribution in [2.24, 2.45) is 0 Å². The maximum absolute atomic E-state index is 12.5. The van der Waals surface area contributed by atoms with E-state index in [0.29, 0.717) is 18.0 Å². The zero-order valence-electron chi connectivity index (χ0n) is 11.5. The second kappa shape index (κ2) is 5.10. The first-order valence-electron chi connectivity index (χ1n) is 6.90. The molecule has 3 amide bonds. The van der Waals surface area contributed by atoms with Crippen LogP contribution >= 0.6 is 23.1 Å². The molecule has 2 aliphatic heterocycles. The Morgan fingerprint density at radius 2 is 1.95 bits per heavy atom. The van der Waals surface area contributed by atoms with E-state index in [0.717, 1.165) is 21.8 Å². The largest absolute Gasteiger partial charge is 0.334 e. The lowest BCUT2D eigenvalue weighted by molar-refractivity contribution is -0.128. The van der Waals surface area contributed by atoms with Crippen LogP contribution in [0.3, 0.4) is 0 Å². The Balaban J connectivity index is 1.47. The van der Waals surface area contributed by atoms with Crippen molar-refractivity contribution in [3.8, 4) is 0 Å². The lowest BCUT2D eigenvalue weighted by Crippen LogP contribution is -2.62. The van der Waals surface area contributed by atoms with Crippen molar-refractivity contribution in [2.75, 3.05) is 18.8 Å². The fourth-order valence-electron chi connectivity index (χ4n) is 2.74. The highest BCUT2D eigenvalue weighted by Crippen LogP contribution is 2.30. The standard InChI is InChI=1S/C15H12N2O3S2/c18-13-8-21-15(20)17(13)10-6-16(7-10)14(19)12-5-9-3-1-2-4-11(9)22-12/h1-5,10H,6-8H2. The highest BCUT2D eigenvalue weighted by molar-refractivity contribution is 8.14. The molecule has 2 fully saturated rings. The maximum Gasteiger partial charge on any atom is 0.289 e. The van der Waals surface area contributed by atoms with Gasteiger partial charge in [0.25, 0.3) is 11.1 Å². The molecule has 0 N–H and O–H groups in total. The molecule has 0 unspecified atom stereocenters. The van der Waals surface area contributed by atoms with Crippen molar-refractivity contribution in [1.29, 1.82) is 0 Å². The first kappa shape index (κ1) is 13.8. The van der Waals surface area contributed by atoms with Crippen LogP contribution in [0, 0.1) is 0 Å². The van der Waals surface area contributed by atoms with Gasteiger partial charge in [0.1, 0.15) is 0 Å². The fraction of sp³-hybridized carbons (Fsp3) is 0.267. The van der Waals surface area contributed by atoms with Crippen LogP contribution in [0.25, 0.3) is 10.1 Å². The van der Waals surface area contributed by atoms with Crippen LogP contribution in [0.4, 0.5) is 4.79 Å². The highest BCUT2D eigenvalue weighted by atomic mass is 32.2. The van der Waals surface area contributed by atoms with Gasteiger partial charge in [0, 0.05) is 17.8 Å². The van der Waals surface area contributed by atoms with Gasteiger partial charge in [0.2, 0.25) is 5.91 Å². The second-order valence-electron chi connectivity index (χ2n) is 5.33. The summed E-state index contributed by atoms with van der Waals surface area (Å²) in [6, 6.07) is 9.63. The molecule has 22 heavy (non-hydrogen) atoms. The van der Waals surface area contributed by atoms with E-state index in [9.17, 15) is 14.4 Å². The van der Waals surface area contributed by atoms with E-state index in [1.165, 1.54) is 16.2 Å². The lowest BCUT2D eigenvalue weighted by Gasteiger charge is -2.42. The van der Waals surface area contributed by atoms with Crippen LogP contribution in [0.15, 0.2) is 30.3 Å². The minimum absolute atomic E-state index is 0.0239. The van der Waals surface area contributed by atoms with Gasteiger partial charge in [-0.25, -0.2) is 0 Å². The molecule has 0 bridgehead atoms. The number of benzene rings is 1. The lowest BCUT2D eigenvalue weighted by atomic mass is 10.1. The third-order valence-electron chi connectivity index (χ3n) is 3.94. The Morgan fingerprint density at radius 1 is 1.18 bits per heavy atom. The topological polar surface area (TPSA) is 57.7 Å². The van der Waals surface area contributed by atoms with Crippen LogP contribution in [-0.2, 0) is 4.79 Å². The van der Waals surface area contributed by atoms with E-state index in [1.54, 1.807) is 4.90 Å². The van der Waals surface area contributed by atoms with Crippen molar-refractivity contribution in [3.63, 3.8) is 0 Å². The van der Waals surface area contributed by atoms with Gasteiger partial charge >= 0.3 is 0 Å². The number of thioether (sulfide) groups is 1. The number of fused-ring (bicyclic) bond motifs is 1. The van der Waals surface area contributed by atoms with Crippen LogP contribution < -0.4 is 0 Å². The van der Waals surface area contributed by atoms with E-state index >= 15 is 0 Å². The predicted octanol–water partition coefficient (Wildman–Crippen LogP) is 2.42. The average Bonchev–Trinajstić information content (AvgIpc) is 3.03. The van der Waals surface area contributed by atoms with Gasteiger partial charge in [-0.3, -0.25) is 19.3 Å². The Labute approximate surface area is 134 Å². The van der Waals surface area contributed by atoms with E-state index < -0.39 is 0 Å². The number of nitrogens with zero attached hydrogens (tertiary/aromatic N) is 2. The third kappa shape index (κ3) is 2.12. The van der Waals surface area contributed by atoms with Gasteiger partial charge < -0.3 is 4.90 Å². The molecule has 1 aromatic carbocycles. The van der Waals surface area contributed by atoms with Crippen molar-refractivity contribution in [3.05, 3.63) is 35.2 Å². The van der Waals surface area contributed by atoms with Gasteiger partial charge in [0.15, 0.2) is 0 Å². The van der Waals surface area contributed by atoms with Gasteiger partial charge in [0.05, 0.1) is 16.7 Å². The molecular weight excluding hydrogens is 320 g/mol. The molecule has 4 rings (SSSR count). The summed E-state index contributed by atoms with van der Waals surface area (Å²) < 4.78 is 1.09. The number of imide groups is 1. The van der Waals surface area contributed by atoms with Crippen molar-refractivity contribution >= 4 is 50.2 Å². The van der Waals surface area contributed by atoms with Gasteiger partial charge in [-0.05, 0) is 17.5 Å². The average molecular weight is 332 g/mol. The first-order chi connectivity index (χ1) is 10.6. The fourth-order valence-corrected chi connectivity index (χ4v) is 4.55. The zero-order valence-corrected chi connectivity index (χ0v) is 13.2. The van der Waals surface area contributed by atoms with E-state index in [2.05, 4.69) is 0 Å². The number of likely N-dealkylation sites (tertiary alicyclic amines) is 1. The number of rotatable bonds is 2. The summed E-state index contributed by atoms with van der Waals surface area (Å²) in [6.45, 7) is 0.871. The van der Waals surface area contributed by atoms with E-state index in [-0.39, 0.29) is 28.8 Å². The number of carbonyl (C=O) groups excluding carboxylic acids is 3. The number of hydrogen-bond acceptors (Lipinski definition) is 5. The highest BCUT2D eigenvalue weighted by Gasteiger charge is 2.43. The Bertz CT molecular complexity index is 746. The predicted molar refractivity (Wildman–Crippen MR) is 86.2 cm³/mol. The van der Waals surface area contributed by atoms with E-state index in [1.807, 2.05) is 30.3 Å². The summed E-state index contributed by atoms with van der Waals surface area (Å²) in [4.78, 5) is 39.5. The molecule has 7 heteroatoms. The van der Waals surface area contributed by atoms with Crippen molar-refractivity contribution in [2.45, 2.75) is 6.04 Å². The minimum Gasteiger partial charge on any atom is -0.334 e. The van der Waals surface area contributed by atoms with Crippen molar-refractivity contribution < 1.29 is 14.4 Å². The second-order valence-corrected chi connectivity index (χ2v) is 7.34. The Morgan fingerprint density at radius 3 is 2.64 bits per heavy atom. The summed E-state index contributed by atoms with van der Waals surface area (Å²) in [5.74, 6) is 0.0534. The summed E-state index contributed by atoms with van der Waals surface area (Å²) in [5.41, 5.74) is 0. The molecule has 2 aliphatic rings. The molecule has 0 aliphatic carbocycles. The van der Waals surface area contributed by atoms with Crippen LogP contribution in [-0.4, -0.2) is 51.7 Å². The molecule has 3 heterocycles. The van der Waals surface area contributed by atoms with Gasteiger partial charge in [-0.15, -0.1) is 11.3 Å².